The van der Waals surface area contributed by atoms with E-state index in [2.05, 4.69) is 49.8 Å². The first-order valence-corrected chi connectivity index (χ1v) is 9.72. The van der Waals surface area contributed by atoms with Crippen molar-refractivity contribution < 1.29 is 14.6 Å². The average Bonchev–Trinajstić information content (AvgIpc) is 3.11. The lowest BCUT2D eigenvalue weighted by molar-refractivity contribution is -0.137. The Labute approximate surface area is 171 Å². The molecule has 0 spiro atoms. The lowest BCUT2D eigenvalue weighted by atomic mass is 9.96. The molecule has 150 valence electrons. The van der Waals surface area contributed by atoms with E-state index in [1.54, 1.807) is 6.92 Å². The van der Waals surface area contributed by atoms with Crippen LogP contribution in [-0.4, -0.2) is 20.9 Å². The van der Waals surface area contributed by atoms with E-state index >= 15 is 0 Å². The summed E-state index contributed by atoms with van der Waals surface area (Å²) in [6, 6.07) is 12.1. The van der Waals surface area contributed by atoms with Gasteiger partial charge in [0.1, 0.15) is 12.4 Å². The Morgan fingerprint density at radius 3 is 2.59 bits per heavy atom. The number of ether oxygens (including phenoxy) is 1. The Kier molecular flexibility index (Phi) is 6.23. The highest BCUT2D eigenvalue weighted by molar-refractivity contribution is 5.82. The molecular formula is C24H26N2O3. The van der Waals surface area contributed by atoms with Gasteiger partial charge in [-0.25, -0.2) is 0 Å². The van der Waals surface area contributed by atoms with E-state index in [1.165, 1.54) is 5.56 Å². The summed E-state index contributed by atoms with van der Waals surface area (Å²) in [4.78, 5) is 11.0. The molecule has 3 rings (SSSR count). The van der Waals surface area contributed by atoms with Crippen LogP contribution in [0.3, 0.4) is 0 Å². The number of carboxylic acid groups (broad SMARTS) is 1. The quantitative estimate of drug-likeness (QED) is 0.571. The van der Waals surface area contributed by atoms with Crippen molar-refractivity contribution in [1.29, 1.82) is 0 Å². The smallest absolute Gasteiger partial charge is 0.304 e. The van der Waals surface area contributed by atoms with Crippen LogP contribution in [0.5, 0.6) is 5.75 Å². The third kappa shape index (κ3) is 4.78. The monoisotopic (exact) mass is 390 g/mol. The maximum absolute atomic E-state index is 11.0. The van der Waals surface area contributed by atoms with Crippen molar-refractivity contribution in [2.45, 2.75) is 52.7 Å². The molecule has 0 aliphatic heterocycles. The minimum absolute atomic E-state index is 0.00953. The number of fused-ring (bicyclic) bond motifs is 1. The highest BCUT2D eigenvalue weighted by Crippen LogP contribution is 2.25. The summed E-state index contributed by atoms with van der Waals surface area (Å²) in [5.41, 5.74) is 4.31. The first-order chi connectivity index (χ1) is 13.9. The van der Waals surface area contributed by atoms with Gasteiger partial charge in [0.15, 0.2) is 0 Å². The Balaban J connectivity index is 1.73. The number of carboxylic acids is 1. The molecule has 0 unspecified atom stereocenters. The lowest BCUT2D eigenvalue weighted by Crippen LogP contribution is -2.05. The third-order valence-corrected chi connectivity index (χ3v) is 4.81. The second-order valence-electron chi connectivity index (χ2n) is 7.44. The second-order valence-corrected chi connectivity index (χ2v) is 7.44. The van der Waals surface area contributed by atoms with Gasteiger partial charge in [0.25, 0.3) is 0 Å². The molecule has 3 aromatic rings. The van der Waals surface area contributed by atoms with Crippen LogP contribution < -0.4 is 4.74 Å². The van der Waals surface area contributed by atoms with Crippen molar-refractivity contribution in [3.05, 3.63) is 59.3 Å². The molecule has 0 saturated carbocycles. The van der Waals surface area contributed by atoms with Crippen molar-refractivity contribution in [3.8, 4) is 17.6 Å². The fourth-order valence-electron chi connectivity index (χ4n) is 3.52. The molecule has 0 bridgehead atoms. The molecule has 5 nitrogen and oxygen atoms in total. The van der Waals surface area contributed by atoms with Crippen LogP contribution in [0, 0.1) is 18.8 Å². The van der Waals surface area contributed by atoms with Gasteiger partial charge in [-0.3, -0.25) is 9.48 Å². The molecule has 1 N–H and O–H groups in total. The molecule has 0 saturated heterocycles. The summed E-state index contributed by atoms with van der Waals surface area (Å²) in [6.07, 6.45) is 1.89. The summed E-state index contributed by atoms with van der Waals surface area (Å²) in [6.45, 7) is 8.52. The molecule has 1 heterocycles. The van der Waals surface area contributed by atoms with Gasteiger partial charge in [-0.2, -0.15) is 5.10 Å². The zero-order chi connectivity index (χ0) is 21.0. The average molecular weight is 390 g/mol. The SMILES string of the molecule is CC#C[C@@H](CC(=O)O)c1ccc(OCc2cc(C)c3c(cnn3C(C)C)c2)cc1. The molecule has 29 heavy (non-hydrogen) atoms. The molecule has 0 amide bonds. The number of nitrogens with zero attached hydrogens (tertiary/aromatic N) is 2. The number of hydrogen-bond donors (Lipinski definition) is 1. The van der Waals surface area contributed by atoms with Gasteiger partial charge in [0.05, 0.1) is 24.1 Å². The van der Waals surface area contributed by atoms with E-state index in [-0.39, 0.29) is 12.3 Å². The van der Waals surface area contributed by atoms with Crippen LogP contribution in [0.4, 0.5) is 0 Å². The highest BCUT2D eigenvalue weighted by atomic mass is 16.5. The maximum atomic E-state index is 11.0. The number of aliphatic carboxylic acids is 1. The molecular weight excluding hydrogens is 364 g/mol. The first-order valence-electron chi connectivity index (χ1n) is 9.72. The second kappa shape index (κ2) is 8.83. The third-order valence-electron chi connectivity index (χ3n) is 4.81. The summed E-state index contributed by atoms with van der Waals surface area (Å²) < 4.78 is 7.99. The van der Waals surface area contributed by atoms with Gasteiger partial charge in [-0.05, 0) is 62.6 Å². The topological polar surface area (TPSA) is 64.3 Å². The van der Waals surface area contributed by atoms with Gasteiger partial charge in [-0.1, -0.05) is 24.1 Å². The van der Waals surface area contributed by atoms with Crippen molar-refractivity contribution in [2.75, 3.05) is 0 Å². The van der Waals surface area contributed by atoms with Crippen LogP contribution >= 0.6 is 0 Å². The van der Waals surface area contributed by atoms with Gasteiger partial charge < -0.3 is 9.84 Å². The maximum Gasteiger partial charge on any atom is 0.304 e. The molecule has 2 aromatic carbocycles. The number of hydrogen-bond acceptors (Lipinski definition) is 3. The van der Waals surface area contributed by atoms with Crippen molar-refractivity contribution in [1.82, 2.24) is 9.78 Å². The van der Waals surface area contributed by atoms with Crippen LogP contribution in [0.1, 0.15) is 55.8 Å². The predicted molar refractivity (Wildman–Crippen MR) is 114 cm³/mol. The van der Waals surface area contributed by atoms with E-state index in [9.17, 15) is 4.79 Å². The number of aryl methyl sites for hydroxylation is 1. The summed E-state index contributed by atoms with van der Waals surface area (Å²) >= 11 is 0. The van der Waals surface area contributed by atoms with E-state index in [4.69, 9.17) is 9.84 Å². The van der Waals surface area contributed by atoms with Crippen molar-refractivity contribution >= 4 is 16.9 Å². The molecule has 0 aliphatic carbocycles. The summed E-state index contributed by atoms with van der Waals surface area (Å²) in [7, 11) is 0. The van der Waals surface area contributed by atoms with E-state index < -0.39 is 5.97 Å². The van der Waals surface area contributed by atoms with Crippen LogP contribution in [0.15, 0.2) is 42.6 Å². The van der Waals surface area contributed by atoms with E-state index in [0.29, 0.717) is 12.6 Å². The molecule has 0 fully saturated rings. The Morgan fingerprint density at radius 1 is 1.24 bits per heavy atom. The molecule has 1 aromatic heterocycles. The number of carbonyl (C=O) groups is 1. The van der Waals surface area contributed by atoms with E-state index in [1.807, 2.05) is 35.1 Å². The molecule has 0 aliphatic rings. The number of aromatic nitrogens is 2. The van der Waals surface area contributed by atoms with Crippen LogP contribution in [0.2, 0.25) is 0 Å². The zero-order valence-electron chi connectivity index (χ0n) is 17.3. The summed E-state index contributed by atoms with van der Waals surface area (Å²) in [5, 5.41) is 14.7. The van der Waals surface area contributed by atoms with Gasteiger partial charge in [0, 0.05) is 11.4 Å². The molecule has 5 heteroatoms. The van der Waals surface area contributed by atoms with Gasteiger partial charge in [-0.15, -0.1) is 5.92 Å². The Bertz CT molecular complexity index is 1070. The zero-order valence-corrected chi connectivity index (χ0v) is 17.3. The van der Waals surface area contributed by atoms with E-state index in [0.717, 1.165) is 27.8 Å². The van der Waals surface area contributed by atoms with Crippen LogP contribution in [-0.2, 0) is 11.4 Å². The number of benzene rings is 2. The Morgan fingerprint density at radius 2 is 1.97 bits per heavy atom. The van der Waals surface area contributed by atoms with Gasteiger partial charge >= 0.3 is 5.97 Å². The van der Waals surface area contributed by atoms with Crippen molar-refractivity contribution in [3.63, 3.8) is 0 Å². The largest absolute Gasteiger partial charge is 0.489 e. The minimum atomic E-state index is -0.857. The number of rotatable bonds is 7. The fourth-order valence-corrected chi connectivity index (χ4v) is 3.52. The first kappa shape index (κ1) is 20.5. The molecule has 0 radical (unpaired) electrons. The summed E-state index contributed by atoms with van der Waals surface area (Å²) in [5.74, 6) is 5.34. The van der Waals surface area contributed by atoms with Crippen LogP contribution in [0.25, 0.3) is 10.9 Å². The predicted octanol–water partition coefficient (Wildman–Crippen LogP) is 5.09. The fraction of sp³-hybridized carbons (Fsp3) is 0.333. The minimum Gasteiger partial charge on any atom is -0.489 e. The lowest BCUT2D eigenvalue weighted by Gasteiger charge is -2.12. The normalized spacial score (nSPS) is 11.9. The van der Waals surface area contributed by atoms with Crippen molar-refractivity contribution in [2.24, 2.45) is 0 Å². The van der Waals surface area contributed by atoms with Gasteiger partial charge in [0.2, 0.25) is 0 Å². The standard InChI is InChI=1S/C24H26N2O3/c1-5-6-20(13-23(27)28)19-7-9-22(10-8-19)29-15-18-11-17(4)24-21(12-18)14-25-26(24)16(2)3/h7-12,14,16,20H,13,15H2,1-4H3,(H,27,28)/t20-/m0/s1. The Hall–Kier alpha value is -3.26. The highest BCUT2D eigenvalue weighted by Gasteiger charge is 2.13. The molecule has 1 atom stereocenters.